The summed E-state index contributed by atoms with van der Waals surface area (Å²) in [5.74, 6) is -0.106. The molecule has 0 bridgehead atoms. The van der Waals surface area contributed by atoms with Gasteiger partial charge < -0.3 is 10.4 Å². The first-order chi connectivity index (χ1) is 9.13. The molecule has 19 heavy (non-hydrogen) atoms. The van der Waals surface area contributed by atoms with Gasteiger partial charge in [0, 0.05) is 4.90 Å². The van der Waals surface area contributed by atoms with Crippen molar-refractivity contribution in [1.82, 2.24) is 0 Å². The number of nitrogens with one attached hydrogen (secondary N) is 1. The van der Waals surface area contributed by atoms with E-state index in [2.05, 4.69) is 18.0 Å². The van der Waals surface area contributed by atoms with Gasteiger partial charge in [-0.15, -0.1) is 18.3 Å². The maximum atomic E-state index is 11.1. The van der Waals surface area contributed by atoms with Crippen LogP contribution in [-0.2, 0) is 4.79 Å². The fourth-order valence-electron chi connectivity index (χ4n) is 1.62. The number of thioether (sulfide) groups is 1. The lowest BCUT2D eigenvalue weighted by Crippen LogP contribution is -2.28. The molecule has 0 saturated carbocycles. The second-order valence-corrected chi connectivity index (χ2v) is 5.09. The molecule has 2 N–H and O–H groups in total. The van der Waals surface area contributed by atoms with E-state index in [4.69, 9.17) is 5.11 Å². The van der Waals surface area contributed by atoms with Crippen LogP contribution >= 0.6 is 11.8 Å². The van der Waals surface area contributed by atoms with Gasteiger partial charge in [-0.1, -0.05) is 19.1 Å². The topological polar surface area (TPSA) is 73.1 Å². The van der Waals surface area contributed by atoms with Crippen molar-refractivity contribution in [2.24, 2.45) is 0 Å². The number of hydrogen-bond donors (Lipinski definition) is 2. The highest BCUT2D eigenvalue weighted by atomic mass is 32.2. The molecule has 0 amide bonds. The van der Waals surface area contributed by atoms with Crippen LogP contribution in [-0.4, -0.2) is 22.9 Å². The van der Waals surface area contributed by atoms with E-state index in [1.54, 1.807) is 23.9 Å². The Balaban J connectivity index is 3.06. The van der Waals surface area contributed by atoms with E-state index in [1.165, 1.54) is 0 Å². The maximum Gasteiger partial charge on any atom is 0.326 e. The van der Waals surface area contributed by atoms with Crippen molar-refractivity contribution < 1.29 is 9.90 Å². The average Bonchev–Trinajstić information content (AvgIpc) is 2.38. The zero-order valence-electron chi connectivity index (χ0n) is 10.7. The van der Waals surface area contributed by atoms with Crippen LogP contribution < -0.4 is 5.32 Å². The quantitative estimate of drug-likeness (QED) is 0.591. The predicted molar refractivity (Wildman–Crippen MR) is 77.4 cm³/mol. The molecular formula is C14H16N2O2S. The Morgan fingerprint density at radius 3 is 2.95 bits per heavy atom. The fraction of sp³-hybridized carbons (Fsp3) is 0.286. The first-order valence-corrected chi connectivity index (χ1v) is 6.88. The first kappa shape index (κ1) is 15.1. The molecule has 0 radical (unpaired) electrons. The van der Waals surface area contributed by atoms with Crippen LogP contribution in [0.2, 0.25) is 0 Å². The number of carbonyl (C=O) groups is 1. The second-order valence-electron chi connectivity index (χ2n) is 3.78. The summed E-state index contributed by atoms with van der Waals surface area (Å²) in [5.41, 5.74) is 1.04. The standard InChI is InChI=1S/C14H16N2O2S/c1-3-6-12(14(17)18)16-11-7-5-8-13(19-4-2)10(11)9-15/h3,5,7-8,12,16H,1,4,6H2,2H3,(H,17,18). The van der Waals surface area contributed by atoms with Crippen molar-refractivity contribution in [3.8, 4) is 6.07 Å². The molecule has 4 nitrogen and oxygen atoms in total. The Hall–Kier alpha value is -1.93. The summed E-state index contributed by atoms with van der Waals surface area (Å²) in [4.78, 5) is 12.0. The Morgan fingerprint density at radius 1 is 1.68 bits per heavy atom. The second kappa shape index (κ2) is 7.49. The zero-order valence-corrected chi connectivity index (χ0v) is 11.5. The molecule has 0 aliphatic rings. The van der Waals surface area contributed by atoms with Crippen LogP contribution in [0.3, 0.4) is 0 Å². The van der Waals surface area contributed by atoms with Gasteiger partial charge in [0.15, 0.2) is 0 Å². The van der Waals surface area contributed by atoms with Gasteiger partial charge >= 0.3 is 5.97 Å². The number of benzene rings is 1. The molecule has 5 heteroatoms. The van der Waals surface area contributed by atoms with E-state index in [1.807, 2.05) is 19.1 Å². The summed E-state index contributed by atoms with van der Waals surface area (Å²) >= 11 is 1.56. The molecular weight excluding hydrogens is 260 g/mol. The highest BCUT2D eigenvalue weighted by molar-refractivity contribution is 7.99. The van der Waals surface area contributed by atoms with E-state index in [9.17, 15) is 10.1 Å². The molecule has 1 aromatic rings. The Bertz CT molecular complexity index is 509. The zero-order chi connectivity index (χ0) is 14.3. The van der Waals surface area contributed by atoms with E-state index in [0.29, 0.717) is 17.7 Å². The van der Waals surface area contributed by atoms with Gasteiger partial charge in [0.2, 0.25) is 0 Å². The minimum atomic E-state index is -0.961. The molecule has 0 spiro atoms. The molecule has 1 aromatic carbocycles. The number of nitriles is 1. The van der Waals surface area contributed by atoms with Gasteiger partial charge in [-0.3, -0.25) is 0 Å². The van der Waals surface area contributed by atoms with Crippen molar-refractivity contribution in [2.75, 3.05) is 11.1 Å². The summed E-state index contributed by atoms with van der Waals surface area (Å²) in [5, 5.41) is 21.2. The number of nitrogens with zero attached hydrogens (tertiary/aromatic N) is 1. The van der Waals surface area contributed by atoms with Crippen LogP contribution in [0, 0.1) is 11.3 Å². The van der Waals surface area contributed by atoms with E-state index < -0.39 is 12.0 Å². The van der Waals surface area contributed by atoms with Crippen molar-refractivity contribution in [3.63, 3.8) is 0 Å². The lowest BCUT2D eigenvalue weighted by Gasteiger charge is -2.16. The van der Waals surface area contributed by atoms with Crippen molar-refractivity contribution >= 4 is 23.4 Å². The van der Waals surface area contributed by atoms with Gasteiger partial charge in [0.1, 0.15) is 12.1 Å². The van der Waals surface area contributed by atoms with Crippen molar-refractivity contribution in [1.29, 1.82) is 5.26 Å². The van der Waals surface area contributed by atoms with Gasteiger partial charge in [0.05, 0.1) is 11.3 Å². The first-order valence-electron chi connectivity index (χ1n) is 5.90. The maximum absolute atomic E-state index is 11.1. The molecule has 1 atom stereocenters. The molecule has 0 fully saturated rings. The molecule has 0 aromatic heterocycles. The fourth-order valence-corrected chi connectivity index (χ4v) is 2.40. The SMILES string of the molecule is C=CCC(Nc1cccc(SCC)c1C#N)C(=O)O. The summed E-state index contributed by atoms with van der Waals surface area (Å²) < 4.78 is 0. The van der Waals surface area contributed by atoms with Crippen LogP contribution in [0.5, 0.6) is 0 Å². The van der Waals surface area contributed by atoms with Crippen molar-refractivity contribution in [3.05, 3.63) is 36.4 Å². The monoisotopic (exact) mass is 276 g/mol. The number of anilines is 1. The summed E-state index contributed by atoms with van der Waals surface area (Å²) in [6, 6.07) is 6.76. The summed E-state index contributed by atoms with van der Waals surface area (Å²) in [6.45, 7) is 5.55. The number of aliphatic carboxylic acids is 1. The van der Waals surface area contributed by atoms with E-state index in [-0.39, 0.29) is 0 Å². The van der Waals surface area contributed by atoms with Gasteiger partial charge in [0.25, 0.3) is 0 Å². The predicted octanol–water partition coefficient (Wildman–Crippen LogP) is 3.11. The highest BCUT2D eigenvalue weighted by Gasteiger charge is 2.17. The minimum absolute atomic E-state index is 0.297. The lowest BCUT2D eigenvalue weighted by molar-refractivity contribution is -0.137. The Morgan fingerprint density at radius 2 is 2.42 bits per heavy atom. The smallest absolute Gasteiger partial charge is 0.326 e. The lowest BCUT2D eigenvalue weighted by atomic mass is 10.1. The van der Waals surface area contributed by atoms with Gasteiger partial charge in [-0.05, 0) is 24.3 Å². The Labute approximate surface area is 117 Å². The third-order valence-corrected chi connectivity index (χ3v) is 3.41. The number of hydrogen-bond acceptors (Lipinski definition) is 4. The molecule has 0 aliphatic carbocycles. The van der Waals surface area contributed by atoms with Crippen LogP contribution in [0.4, 0.5) is 5.69 Å². The third kappa shape index (κ3) is 4.04. The van der Waals surface area contributed by atoms with E-state index >= 15 is 0 Å². The normalized spacial score (nSPS) is 11.4. The molecule has 100 valence electrons. The molecule has 1 rings (SSSR count). The molecule has 1 unspecified atom stereocenters. The molecule has 0 aliphatic heterocycles. The Kier molecular flexibility index (Phi) is 5.97. The van der Waals surface area contributed by atoms with Crippen molar-refractivity contribution in [2.45, 2.75) is 24.3 Å². The summed E-state index contributed by atoms with van der Waals surface area (Å²) in [7, 11) is 0. The van der Waals surface area contributed by atoms with Gasteiger partial charge in [-0.25, -0.2) is 4.79 Å². The minimum Gasteiger partial charge on any atom is -0.480 e. The van der Waals surface area contributed by atoms with Crippen LogP contribution in [0.25, 0.3) is 0 Å². The highest BCUT2D eigenvalue weighted by Crippen LogP contribution is 2.28. The summed E-state index contributed by atoms with van der Waals surface area (Å²) in [6.07, 6.45) is 1.84. The largest absolute Gasteiger partial charge is 0.480 e. The number of rotatable bonds is 7. The molecule has 0 saturated heterocycles. The van der Waals surface area contributed by atoms with Crippen LogP contribution in [0.15, 0.2) is 35.7 Å². The number of carboxylic acids is 1. The van der Waals surface area contributed by atoms with E-state index in [0.717, 1.165) is 10.6 Å². The molecule has 0 heterocycles. The van der Waals surface area contributed by atoms with Crippen LogP contribution in [0.1, 0.15) is 18.9 Å². The van der Waals surface area contributed by atoms with Gasteiger partial charge in [-0.2, -0.15) is 5.26 Å². The third-order valence-electron chi connectivity index (χ3n) is 2.47. The average molecular weight is 276 g/mol. The number of carboxylic acid groups (broad SMARTS) is 1.